The van der Waals surface area contributed by atoms with Gasteiger partial charge in [0.2, 0.25) is 0 Å². The van der Waals surface area contributed by atoms with Crippen LogP contribution in [0.2, 0.25) is 0 Å². The molecule has 0 spiro atoms. The van der Waals surface area contributed by atoms with E-state index in [9.17, 15) is 18.3 Å². The highest BCUT2D eigenvalue weighted by atomic mass is 19.2. The van der Waals surface area contributed by atoms with Gasteiger partial charge in [0.15, 0.2) is 17.5 Å². The van der Waals surface area contributed by atoms with Crippen molar-refractivity contribution in [2.75, 3.05) is 33.4 Å². The first-order chi connectivity index (χ1) is 18.3. The number of alkyl halides is 1. The maximum atomic E-state index is 15.8. The molecule has 1 aromatic heterocycles. The van der Waals surface area contributed by atoms with E-state index >= 15 is 4.39 Å². The van der Waals surface area contributed by atoms with Crippen LogP contribution in [0.1, 0.15) is 55.0 Å². The number of nitrogens with zero attached hydrogens (tertiary/aromatic N) is 2. The van der Waals surface area contributed by atoms with Gasteiger partial charge in [-0.3, -0.25) is 4.98 Å². The van der Waals surface area contributed by atoms with Crippen molar-refractivity contribution in [1.82, 2.24) is 9.88 Å². The van der Waals surface area contributed by atoms with Crippen LogP contribution in [-0.4, -0.2) is 48.3 Å². The fraction of sp³-hybridized carbons (Fsp3) is 0.483. The van der Waals surface area contributed by atoms with Gasteiger partial charge >= 0.3 is 0 Å². The minimum Gasteiger partial charge on any atom is -0.497 e. The van der Waals surface area contributed by atoms with Crippen LogP contribution >= 0.6 is 0 Å². The molecular formula is C29H35F4N3O2. The molecular weight excluding hydrogens is 498 g/mol. The quantitative estimate of drug-likeness (QED) is 0.247. The molecule has 3 N–H and O–H groups in total. The monoisotopic (exact) mass is 533 g/mol. The Morgan fingerprint density at radius 3 is 2.47 bits per heavy atom. The van der Waals surface area contributed by atoms with Crippen LogP contribution in [0.25, 0.3) is 10.9 Å². The number of aromatic nitrogens is 1. The molecule has 0 radical (unpaired) electrons. The van der Waals surface area contributed by atoms with Crippen LogP contribution in [0.4, 0.5) is 17.6 Å². The molecule has 0 aliphatic carbocycles. The smallest absolute Gasteiger partial charge is 0.194 e. The van der Waals surface area contributed by atoms with Crippen LogP contribution in [0.3, 0.4) is 0 Å². The van der Waals surface area contributed by atoms with Gasteiger partial charge in [0.05, 0.1) is 12.6 Å². The molecule has 206 valence electrons. The molecule has 0 unspecified atom stereocenters. The Hall–Kier alpha value is -2.75. The lowest BCUT2D eigenvalue weighted by molar-refractivity contribution is 0.0300. The van der Waals surface area contributed by atoms with Gasteiger partial charge in [0, 0.05) is 30.3 Å². The number of fused-ring (bicyclic) bond motifs is 1. The number of benzene rings is 2. The minimum absolute atomic E-state index is 0.0175. The first-order valence-corrected chi connectivity index (χ1v) is 13.1. The zero-order chi connectivity index (χ0) is 27.3. The zero-order valence-corrected chi connectivity index (χ0v) is 21.7. The number of likely N-dealkylation sites (tertiary alicyclic amines) is 1. The van der Waals surface area contributed by atoms with Crippen molar-refractivity contribution in [3.8, 4) is 5.75 Å². The summed E-state index contributed by atoms with van der Waals surface area (Å²) in [7, 11) is 1.56. The second-order valence-electron chi connectivity index (χ2n) is 10.3. The Bertz CT molecular complexity index is 1220. The van der Waals surface area contributed by atoms with Gasteiger partial charge < -0.3 is 20.5 Å². The molecule has 5 nitrogen and oxygen atoms in total. The number of methoxy groups -OCH3 is 1. The lowest BCUT2D eigenvalue weighted by atomic mass is 9.74. The van der Waals surface area contributed by atoms with E-state index in [1.54, 1.807) is 31.5 Å². The third-order valence-corrected chi connectivity index (χ3v) is 7.90. The Kier molecular flexibility index (Phi) is 9.23. The molecule has 3 aromatic rings. The Morgan fingerprint density at radius 1 is 1.13 bits per heavy atom. The van der Waals surface area contributed by atoms with E-state index in [1.165, 1.54) is 0 Å². The van der Waals surface area contributed by atoms with Gasteiger partial charge in [0.25, 0.3) is 0 Å². The Morgan fingerprint density at radius 2 is 1.84 bits per heavy atom. The Labute approximate surface area is 220 Å². The summed E-state index contributed by atoms with van der Waals surface area (Å²) in [5.41, 5.74) is 7.85. The minimum atomic E-state index is -1.45. The molecule has 38 heavy (non-hydrogen) atoms. The number of aliphatic hydroxyl groups is 1. The molecule has 1 aliphatic rings. The van der Waals surface area contributed by atoms with E-state index in [-0.39, 0.29) is 25.0 Å². The predicted octanol–water partition coefficient (Wildman–Crippen LogP) is 5.62. The van der Waals surface area contributed by atoms with E-state index in [2.05, 4.69) is 9.88 Å². The van der Waals surface area contributed by atoms with Crippen LogP contribution in [0.15, 0.2) is 36.5 Å². The molecule has 1 saturated heterocycles. The fourth-order valence-electron chi connectivity index (χ4n) is 5.47. The van der Waals surface area contributed by atoms with E-state index in [1.807, 2.05) is 0 Å². The van der Waals surface area contributed by atoms with Crippen LogP contribution in [-0.2, 0) is 13.0 Å². The second-order valence-corrected chi connectivity index (χ2v) is 10.3. The molecule has 4 rings (SSSR count). The molecule has 9 heteroatoms. The number of halogens is 4. The molecule has 0 bridgehead atoms. The molecule has 2 aromatic carbocycles. The summed E-state index contributed by atoms with van der Waals surface area (Å²) in [6.07, 6.45) is 3.72. The molecule has 1 atom stereocenters. The third kappa shape index (κ3) is 6.27. The van der Waals surface area contributed by atoms with Gasteiger partial charge in [-0.05, 0) is 105 Å². The number of ether oxygens (including phenoxy) is 1. The van der Waals surface area contributed by atoms with Crippen LogP contribution < -0.4 is 10.5 Å². The van der Waals surface area contributed by atoms with Crippen LogP contribution in [0, 0.1) is 22.9 Å². The highest BCUT2D eigenvalue weighted by Crippen LogP contribution is 2.41. The SMILES string of the molecule is COc1ccc2ncc(CN)c([C@@H](F)CCC3(CO)CCN(CCCc4cc(F)c(F)c(F)c4)CC3)c2c1. The predicted molar refractivity (Wildman–Crippen MR) is 139 cm³/mol. The fourth-order valence-corrected chi connectivity index (χ4v) is 5.47. The number of piperidine rings is 1. The largest absolute Gasteiger partial charge is 0.497 e. The van der Waals surface area contributed by atoms with Gasteiger partial charge in [-0.15, -0.1) is 0 Å². The summed E-state index contributed by atoms with van der Waals surface area (Å²) in [5.74, 6) is -3.17. The molecule has 1 fully saturated rings. The average molecular weight is 534 g/mol. The normalized spacial score (nSPS) is 16.6. The van der Waals surface area contributed by atoms with Crippen molar-refractivity contribution in [3.63, 3.8) is 0 Å². The maximum Gasteiger partial charge on any atom is 0.194 e. The molecule has 0 amide bonds. The van der Waals surface area contributed by atoms with Crippen LogP contribution in [0.5, 0.6) is 5.75 Å². The number of aryl methyl sites for hydroxylation is 1. The topological polar surface area (TPSA) is 71.6 Å². The summed E-state index contributed by atoms with van der Waals surface area (Å²) in [5, 5.41) is 11.0. The van der Waals surface area contributed by atoms with Crippen molar-refractivity contribution in [1.29, 1.82) is 0 Å². The third-order valence-electron chi connectivity index (χ3n) is 7.90. The summed E-state index contributed by atoms with van der Waals surface area (Å²) >= 11 is 0. The van der Waals surface area contributed by atoms with E-state index in [0.717, 1.165) is 44.6 Å². The second kappa shape index (κ2) is 12.4. The lowest BCUT2D eigenvalue weighted by Crippen LogP contribution is -2.42. The van der Waals surface area contributed by atoms with Crippen molar-refractivity contribution >= 4 is 10.9 Å². The number of aliphatic hydroxyl groups excluding tert-OH is 1. The number of hydrogen-bond donors (Lipinski definition) is 2. The summed E-state index contributed by atoms with van der Waals surface area (Å²) in [6, 6.07) is 7.46. The van der Waals surface area contributed by atoms with Gasteiger partial charge in [-0.1, -0.05) is 0 Å². The summed E-state index contributed by atoms with van der Waals surface area (Å²) in [6.45, 7) is 2.36. The maximum absolute atomic E-state index is 15.8. The van der Waals surface area contributed by atoms with E-state index in [4.69, 9.17) is 10.5 Å². The lowest BCUT2D eigenvalue weighted by Gasteiger charge is -2.41. The zero-order valence-electron chi connectivity index (χ0n) is 21.7. The number of hydrogen-bond acceptors (Lipinski definition) is 5. The molecule has 1 aliphatic heterocycles. The molecule has 0 saturated carbocycles. The summed E-state index contributed by atoms with van der Waals surface area (Å²) < 4.78 is 61.2. The molecule has 2 heterocycles. The van der Waals surface area contributed by atoms with Crippen molar-refractivity contribution in [2.24, 2.45) is 11.1 Å². The summed E-state index contributed by atoms with van der Waals surface area (Å²) in [4.78, 5) is 6.66. The van der Waals surface area contributed by atoms with Gasteiger partial charge in [-0.25, -0.2) is 17.6 Å². The highest BCUT2D eigenvalue weighted by Gasteiger charge is 2.35. The van der Waals surface area contributed by atoms with Crippen molar-refractivity contribution < 1.29 is 27.4 Å². The van der Waals surface area contributed by atoms with E-state index < -0.39 is 23.6 Å². The van der Waals surface area contributed by atoms with Gasteiger partial charge in [0.1, 0.15) is 11.9 Å². The van der Waals surface area contributed by atoms with Crippen molar-refractivity contribution in [2.45, 2.75) is 51.2 Å². The first-order valence-electron chi connectivity index (χ1n) is 13.1. The number of rotatable bonds is 11. The number of pyridine rings is 1. The Balaban J connectivity index is 1.34. The first kappa shape index (κ1) is 28.3. The standard InChI is InChI=1S/C29H35F4N3O2/c1-38-21-4-5-26-22(15-21)27(20(16-34)17-35-26)23(30)6-7-29(18-37)8-11-36(12-9-29)10-2-3-19-13-24(31)28(33)25(32)14-19/h4-5,13-15,17,23,37H,2-3,6-12,16,18,34H2,1H3/t23-/m0/s1. The van der Waals surface area contributed by atoms with Crippen molar-refractivity contribution in [3.05, 3.63) is 70.7 Å². The number of nitrogens with two attached hydrogens (primary N) is 1. The highest BCUT2D eigenvalue weighted by molar-refractivity contribution is 5.85. The van der Waals surface area contributed by atoms with Gasteiger partial charge in [-0.2, -0.15) is 0 Å². The van der Waals surface area contributed by atoms with E-state index in [0.29, 0.717) is 52.6 Å². The average Bonchev–Trinajstić information content (AvgIpc) is 2.94.